The van der Waals surface area contributed by atoms with Crippen molar-refractivity contribution in [3.8, 4) is 22.9 Å². The first-order chi connectivity index (χ1) is 8.67. The predicted molar refractivity (Wildman–Crippen MR) is 63.4 cm³/mol. The third-order valence-electron chi connectivity index (χ3n) is 2.59. The highest BCUT2D eigenvalue weighted by Crippen LogP contribution is 2.29. The van der Waals surface area contributed by atoms with E-state index in [1.54, 1.807) is 19.1 Å². The molecule has 1 heterocycles. The number of nitrogens with zero attached hydrogens (tertiary/aromatic N) is 3. The van der Waals surface area contributed by atoms with Crippen LogP contribution in [0.3, 0.4) is 0 Å². The van der Waals surface area contributed by atoms with Crippen molar-refractivity contribution in [1.29, 1.82) is 5.26 Å². The second-order valence-corrected chi connectivity index (χ2v) is 3.64. The van der Waals surface area contributed by atoms with Crippen LogP contribution in [0, 0.1) is 24.1 Å². The van der Waals surface area contributed by atoms with E-state index in [-0.39, 0.29) is 5.69 Å². The smallest absolute Gasteiger partial charge is 0.152 e. The Hall–Kier alpha value is -2.48. The van der Waals surface area contributed by atoms with Gasteiger partial charge in [0, 0.05) is 22.9 Å². The highest BCUT2D eigenvalue weighted by molar-refractivity contribution is 5.71. The highest BCUT2D eigenvalue weighted by atomic mass is 19.1. The molecular weight excluding hydrogens is 233 g/mol. The van der Waals surface area contributed by atoms with Crippen LogP contribution in [-0.2, 0) is 0 Å². The average Bonchev–Trinajstić information content (AvgIpc) is 2.39. The second-order valence-electron chi connectivity index (χ2n) is 3.64. The molecule has 0 N–H and O–H groups in total. The molecule has 0 bridgehead atoms. The van der Waals surface area contributed by atoms with Crippen LogP contribution in [0.15, 0.2) is 24.5 Å². The number of methoxy groups -OCH3 is 1. The molecule has 18 heavy (non-hydrogen) atoms. The SMILES string of the molecule is COc1ccc(-c2c(C)ncnc2C#N)c(F)c1. The van der Waals surface area contributed by atoms with E-state index in [2.05, 4.69) is 9.97 Å². The summed E-state index contributed by atoms with van der Waals surface area (Å²) < 4.78 is 18.9. The minimum atomic E-state index is -0.469. The Kier molecular flexibility index (Phi) is 3.20. The van der Waals surface area contributed by atoms with E-state index in [1.165, 1.54) is 19.5 Å². The van der Waals surface area contributed by atoms with Gasteiger partial charge < -0.3 is 4.74 Å². The number of aromatic nitrogens is 2. The van der Waals surface area contributed by atoms with Gasteiger partial charge >= 0.3 is 0 Å². The molecule has 1 aromatic carbocycles. The number of hydrogen-bond donors (Lipinski definition) is 0. The Morgan fingerprint density at radius 1 is 1.33 bits per heavy atom. The van der Waals surface area contributed by atoms with E-state index in [1.807, 2.05) is 6.07 Å². The van der Waals surface area contributed by atoms with Crippen molar-refractivity contribution in [2.75, 3.05) is 7.11 Å². The van der Waals surface area contributed by atoms with Gasteiger partial charge in [0.15, 0.2) is 5.69 Å². The normalized spacial score (nSPS) is 9.89. The third-order valence-corrected chi connectivity index (χ3v) is 2.59. The van der Waals surface area contributed by atoms with Crippen LogP contribution in [0.4, 0.5) is 4.39 Å². The Labute approximate surface area is 104 Å². The number of benzene rings is 1. The van der Waals surface area contributed by atoms with Gasteiger partial charge in [0.25, 0.3) is 0 Å². The van der Waals surface area contributed by atoms with Crippen LogP contribution in [0.1, 0.15) is 11.4 Å². The molecule has 0 unspecified atom stereocenters. The molecule has 2 aromatic rings. The van der Waals surface area contributed by atoms with Gasteiger partial charge in [0.2, 0.25) is 0 Å². The van der Waals surface area contributed by atoms with Crippen LogP contribution >= 0.6 is 0 Å². The summed E-state index contributed by atoms with van der Waals surface area (Å²) in [5.74, 6) is -0.0481. The van der Waals surface area contributed by atoms with Crippen molar-refractivity contribution in [3.05, 3.63) is 41.7 Å². The van der Waals surface area contributed by atoms with Gasteiger partial charge in [0.1, 0.15) is 24.0 Å². The predicted octanol–water partition coefficient (Wildman–Crippen LogP) is 2.47. The third kappa shape index (κ3) is 2.00. The number of hydrogen-bond acceptors (Lipinski definition) is 4. The zero-order valence-electron chi connectivity index (χ0n) is 9.94. The molecule has 4 nitrogen and oxygen atoms in total. The zero-order chi connectivity index (χ0) is 13.1. The fourth-order valence-corrected chi connectivity index (χ4v) is 1.71. The van der Waals surface area contributed by atoms with Crippen LogP contribution < -0.4 is 4.74 Å². The van der Waals surface area contributed by atoms with Gasteiger partial charge in [-0.15, -0.1) is 0 Å². The molecule has 0 saturated heterocycles. The number of ether oxygens (including phenoxy) is 1. The van der Waals surface area contributed by atoms with Crippen molar-refractivity contribution in [2.24, 2.45) is 0 Å². The standard InChI is InChI=1S/C13H10FN3O/c1-8-13(12(6-15)17-7-16-8)10-4-3-9(18-2)5-11(10)14/h3-5,7H,1-2H3. The lowest BCUT2D eigenvalue weighted by atomic mass is 10.0. The van der Waals surface area contributed by atoms with Gasteiger partial charge in [-0.25, -0.2) is 14.4 Å². The number of halogens is 1. The molecule has 0 fully saturated rings. The highest BCUT2D eigenvalue weighted by Gasteiger charge is 2.15. The van der Waals surface area contributed by atoms with Crippen LogP contribution in [-0.4, -0.2) is 17.1 Å². The first-order valence-corrected chi connectivity index (χ1v) is 5.23. The minimum Gasteiger partial charge on any atom is -0.497 e. The topological polar surface area (TPSA) is 58.8 Å². The Morgan fingerprint density at radius 2 is 2.11 bits per heavy atom. The molecule has 2 rings (SSSR count). The van der Waals surface area contributed by atoms with Gasteiger partial charge in [-0.1, -0.05) is 0 Å². The summed E-state index contributed by atoms with van der Waals surface area (Å²) >= 11 is 0. The molecule has 0 atom stereocenters. The monoisotopic (exact) mass is 243 g/mol. The van der Waals surface area contributed by atoms with Gasteiger partial charge in [-0.3, -0.25) is 0 Å². The molecule has 0 spiro atoms. The number of nitriles is 1. The Morgan fingerprint density at radius 3 is 2.72 bits per heavy atom. The summed E-state index contributed by atoms with van der Waals surface area (Å²) in [6.07, 6.45) is 1.29. The van der Waals surface area contributed by atoms with Gasteiger partial charge in [0.05, 0.1) is 7.11 Å². The molecule has 0 aliphatic carbocycles. The number of aryl methyl sites for hydroxylation is 1. The maximum absolute atomic E-state index is 14.0. The first-order valence-electron chi connectivity index (χ1n) is 5.23. The summed E-state index contributed by atoms with van der Waals surface area (Å²) in [5.41, 5.74) is 1.43. The second kappa shape index (κ2) is 4.80. The van der Waals surface area contributed by atoms with E-state index >= 15 is 0 Å². The molecular formula is C13H10FN3O. The van der Waals surface area contributed by atoms with Crippen molar-refractivity contribution in [3.63, 3.8) is 0 Å². The summed E-state index contributed by atoms with van der Waals surface area (Å²) in [6.45, 7) is 1.71. The van der Waals surface area contributed by atoms with E-state index in [0.717, 1.165) is 0 Å². The van der Waals surface area contributed by atoms with E-state index in [4.69, 9.17) is 10.00 Å². The van der Waals surface area contributed by atoms with Crippen molar-refractivity contribution < 1.29 is 9.13 Å². The fraction of sp³-hybridized carbons (Fsp3) is 0.154. The maximum atomic E-state index is 14.0. The molecule has 1 aromatic heterocycles. The summed E-state index contributed by atoms with van der Waals surface area (Å²) in [4.78, 5) is 7.84. The largest absolute Gasteiger partial charge is 0.497 e. The number of rotatable bonds is 2. The minimum absolute atomic E-state index is 0.159. The van der Waals surface area contributed by atoms with E-state index in [9.17, 15) is 4.39 Å². The summed E-state index contributed by atoms with van der Waals surface area (Å²) in [7, 11) is 1.46. The van der Waals surface area contributed by atoms with E-state index in [0.29, 0.717) is 22.6 Å². The lowest BCUT2D eigenvalue weighted by molar-refractivity contribution is 0.411. The van der Waals surface area contributed by atoms with E-state index < -0.39 is 5.82 Å². The quantitative estimate of drug-likeness (QED) is 0.813. The fourth-order valence-electron chi connectivity index (χ4n) is 1.71. The molecule has 0 aliphatic heterocycles. The molecule has 0 radical (unpaired) electrons. The zero-order valence-corrected chi connectivity index (χ0v) is 9.94. The van der Waals surface area contributed by atoms with Crippen LogP contribution in [0.25, 0.3) is 11.1 Å². The lowest BCUT2D eigenvalue weighted by Crippen LogP contribution is -1.98. The maximum Gasteiger partial charge on any atom is 0.152 e. The van der Waals surface area contributed by atoms with Crippen molar-refractivity contribution in [1.82, 2.24) is 9.97 Å². The average molecular weight is 243 g/mol. The molecule has 0 aliphatic rings. The molecule has 5 heteroatoms. The molecule has 0 saturated carbocycles. The Balaban J connectivity index is 2.66. The summed E-state index contributed by atoms with van der Waals surface area (Å²) in [5, 5.41) is 9.01. The lowest BCUT2D eigenvalue weighted by Gasteiger charge is -2.08. The van der Waals surface area contributed by atoms with Crippen LogP contribution in [0.5, 0.6) is 5.75 Å². The van der Waals surface area contributed by atoms with Gasteiger partial charge in [-0.05, 0) is 19.1 Å². The van der Waals surface area contributed by atoms with Crippen molar-refractivity contribution >= 4 is 0 Å². The molecule has 0 amide bonds. The summed E-state index contributed by atoms with van der Waals surface area (Å²) in [6, 6.07) is 6.40. The van der Waals surface area contributed by atoms with Gasteiger partial charge in [-0.2, -0.15) is 5.26 Å². The molecule has 90 valence electrons. The van der Waals surface area contributed by atoms with Crippen LogP contribution in [0.2, 0.25) is 0 Å². The van der Waals surface area contributed by atoms with Crippen molar-refractivity contribution in [2.45, 2.75) is 6.92 Å². The first kappa shape index (κ1) is 12.0. The Bertz CT molecular complexity index is 635.